The minimum atomic E-state index is -0.203. The lowest BCUT2D eigenvalue weighted by atomic mass is 9.94. The molecule has 1 aliphatic rings. The van der Waals surface area contributed by atoms with E-state index in [1.165, 1.54) is 0 Å². The molecule has 15 heavy (non-hydrogen) atoms. The minimum Gasteiger partial charge on any atom is -0.497 e. The maximum Gasteiger partial charge on any atom is 0.128 e. The van der Waals surface area contributed by atoms with Gasteiger partial charge in [0.05, 0.1) is 12.5 Å². The Labute approximate surface area is 95.1 Å². The Morgan fingerprint density at radius 3 is 2.87 bits per heavy atom. The molecule has 0 radical (unpaired) electrons. The van der Waals surface area contributed by atoms with Crippen molar-refractivity contribution in [3.63, 3.8) is 0 Å². The van der Waals surface area contributed by atoms with Crippen molar-refractivity contribution in [3.05, 3.63) is 23.8 Å². The second kappa shape index (κ2) is 3.60. The first-order valence-electron chi connectivity index (χ1n) is 5.03. The first-order chi connectivity index (χ1) is 7.02. The molecule has 3 heteroatoms. The molecule has 1 aliphatic heterocycles. The van der Waals surface area contributed by atoms with Gasteiger partial charge >= 0.3 is 0 Å². The molecule has 0 aromatic heterocycles. The number of benzene rings is 1. The maximum absolute atomic E-state index is 6.31. The highest BCUT2D eigenvalue weighted by molar-refractivity contribution is 6.21. The van der Waals surface area contributed by atoms with E-state index in [-0.39, 0.29) is 11.0 Å². The first-order valence-corrected chi connectivity index (χ1v) is 5.46. The third-order valence-electron chi connectivity index (χ3n) is 2.62. The Kier molecular flexibility index (Phi) is 2.55. The van der Waals surface area contributed by atoms with Gasteiger partial charge in [-0.05, 0) is 19.9 Å². The summed E-state index contributed by atoms with van der Waals surface area (Å²) in [7, 11) is 1.65. The summed E-state index contributed by atoms with van der Waals surface area (Å²) < 4.78 is 11.0. The van der Waals surface area contributed by atoms with Crippen molar-refractivity contribution in [3.8, 4) is 11.5 Å². The fraction of sp³-hybridized carbons (Fsp3) is 0.500. The first kappa shape index (κ1) is 10.6. The summed E-state index contributed by atoms with van der Waals surface area (Å²) in [5.41, 5.74) is 0.850. The summed E-state index contributed by atoms with van der Waals surface area (Å²) >= 11 is 6.31. The largest absolute Gasteiger partial charge is 0.497 e. The van der Waals surface area contributed by atoms with Crippen LogP contribution in [0.4, 0.5) is 0 Å². The third kappa shape index (κ3) is 2.05. The topological polar surface area (TPSA) is 18.5 Å². The van der Waals surface area contributed by atoms with Gasteiger partial charge in [-0.25, -0.2) is 0 Å². The second-order valence-corrected chi connectivity index (χ2v) is 4.96. The van der Waals surface area contributed by atoms with E-state index < -0.39 is 0 Å². The van der Waals surface area contributed by atoms with Gasteiger partial charge < -0.3 is 9.47 Å². The van der Waals surface area contributed by atoms with Crippen molar-refractivity contribution < 1.29 is 9.47 Å². The predicted octanol–water partition coefficient (Wildman–Crippen LogP) is 3.54. The van der Waals surface area contributed by atoms with Gasteiger partial charge in [0.1, 0.15) is 17.1 Å². The van der Waals surface area contributed by atoms with Gasteiger partial charge in [-0.3, -0.25) is 0 Å². The molecule has 0 fully saturated rings. The minimum absolute atomic E-state index is 0.0228. The van der Waals surface area contributed by atoms with E-state index in [1.807, 2.05) is 32.0 Å². The van der Waals surface area contributed by atoms with Gasteiger partial charge in [0.25, 0.3) is 0 Å². The summed E-state index contributed by atoms with van der Waals surface area (Å²) in [4.78, 5) is 0. The van der Waals surface area contributed by atoms with Crippen LogP contribution in [-0.2, 0) is 0 Å². The molecule has 0 amide bonds. The number of halogens is 1. The third-order valence-corrected chi connectivity index (χ3v) is 3.00. The van der Waals surface area contributed by atoms with Crippen molar-refractivity contribution in [2.24, 2.45) is 0 Å². The zero-order valence-electron chi connectivity index (χ0n) is 9.21. The Bertz CT molecular complexity index is 374. The van der Waals surface area contributed by atoms with Crippen LogP contribution in [0.2, 0.25) is 0 Å². The highest BCUT2D eigenvalue weighted by Crippen LogP contribution is 2.44. The SMILES string of the molecule is COc1ccc2c(c1)OC(C)(C)CC2Cl. The van der Waals surface area contributed by atoms with E-state index in [9.17, 15) is 0 Å². The zero-order valence-corrected chi connectivity index (χ0v) is 9.97. The van der Waals surface area contributed by atoms with Gasteiger partial charge in [0, 0.05) is 18.1 Å². The highest BCUT2D eigenvalue weighted by atomic mass is 35.5. The number of fused-ring (bicyclic) bond motifs is 1. The average molecular weight is 227 g/mol. The van der Waals surface area contributed by atoms with Crippen LogP contribution in [0.15, 0.2) is 18.2 Å². The van der Waals surface area contributed by atoms with Crippen LogP contribution >= 0.6 is 11.6 Å². The van der Waals surface area contributed by atoms with Crippen LogP contribution in [0.1, 0.15) is 31.2 Å². The predicted molar refractivity (Wildman–Crippen MR) is 60.9 cm³/mol. The van der Waals surface area contributed by atoms with E-state index in [2.05, 4.69) is 0 Å². The monoisotopic (exact) mass is 226 g/mol. The van der Waals surface area contributed by atoms with E-state index >= 15 is 0 Å². The maximum atomic E-state index is 6.31. The van der Waals surface area contributed by atoms with E-state index in [0.29, 0.717) is 0 Å². The molecule has 0 spiro atoms. The molecule has 1 aromatic carbocycles. The number of hydrogen-bond acceptors (Lipinski definition) is 2. The Morgan fingerprint density at radius 1 is 1.47 bits per heavy atom. The van der Waals surface area contributed by atoms with Crippen molar-refractivity contribution >= 4 is 11.6 Å². The summed E-state index contributed by atoms with van der Waals surface area (Å²) in [5, 5.41) is 0.0228. The number of hydrogen-bond donors (Lipinski definition) is 0. The number of ether oxygens (including phenoxy) is 2. The summed E-state index contributed by atoms with van der Waals surface area (Å²) in [5.74, 6) is 1.64. The highest BCUT2D eigenvalue weighted by Gasteiger charge is 2.32. The van der Waals surface area contributed by atoms with E-state index in [0.717, 1.165) is 23.5 Å². The lowest BCUT2D eigenvalue weighted by Crippen LogP contribution is -2.33. The molecule has 1 atom stereocenters. The van der Waals surface area contributed by atoms with Gasteiger partial charge in [0.2, 0.25) is 0 Å². The smallest absolute Gasteiger partial charge is 0.128 e. The molecule has 0 aliphatic carbocycles. The van der Waals surface area contributed by atoms with Crippen molar-refractivity contribution in [2.45, 2.75) is 31.2 Å². The molecule has 82 valence electrons. The van der Waals surface area contributed by atoms with Gasteiger partial charge in [-0.1, -0.05) is 6.07 Å². The molecule has 1 aromatic rings. The van der Waals surface area contributed by atoms with Crippen LogP contribution in [0.3, 0.4) is 0 Å². The Hall–Kier alpha value is -0.890. The standard InChI is InChI=1S/C12H15ClO2/c1-12(2)7-10(13)9-5-4-8(14-3)6-11(9)15-12/h4-6,10H,7H2,1-3H3. The summed E-state index contributed by atoms with van der Waals surface area (Å²) in [6, 6.07) is 5.78. The van der Waals surface area contributed by atoms with Crippen LogP contribution in [0.5, 0.6) is 11.5 Å². The van der Waals surface area contributed by atoms with Crippen molar-refractivity contribution in [1.29, 1.82) is 0 Å². The number of methoxy groups -OCH3 is 1. The molecule has 0 bridgehead atoms. The Balaban J connectivity index is 2.42. The van der Waals surface area contributed by atoms with E-state index in [4.69, 9.17) is 21.1 Å². The van der Waals surface area contributed by atoms with Crippen molar-refractivity contribution in [1.82, 2.24) is 0 Å². The molecular formula is C12H15ClO2. The summed E-state index contributed by atoms with van der Waals surface area (Å²) in [6.45, 7) is 4.09. The molecule has 0 saturated heterocycles. The van der Waals surface area contributed by atoms with Crippen LogP contribution in [-0.4, -0.2) is 12.7 Å². The fourth-order valence-electron chi connectivity index (χ4n) is 1.87. The molecule has 0 N–H and O–H groups in total. The van der Waals surface area contributed by atoms with Gasteiger partial charge in [0.15, 0.2) is 0 Å². The Morgan fingerprint density at radius 2 is 2.20 bits per heavy atom. The van der Waals surface area contributed by atoms with E-state index in [1.54, 1.807) is 7.11 Å². The second-order valence-electron chi connectivity index (χ2n) is 4.44. The lowest BCUT2D eigenvalue weighted by Gasteiger charge is -2.35. The molecule has 2 nitrogen and oxygen atoms in total. The van der Waals surface area contributed by atoms with Gasteiger partial charge in [-0.15, -0.1) is 11.6 Å². The fourth-order valence-corrected chi connectivity index (χ4v) is 2.42. The van der Waals surface area contributed by atoms with Gasteiger partial charge in [-0.2, -0.15) is 0 Å². The lowest BCUT2D eigenvalue weighted by molar-refractivity contribution is 0.0822. The normalized spacial score (nSPS) is 22.8. The van der Waals surface area contributed by atoms with Crippen molar-refractivity contribution in [2.75, 3.05) is 7.11 Å². The molecule has 1 heterocycles. The quantitative estimate of drug-likeness (QED) is 0.682. The zero-order chi connectivity index (χ0) is 11.1. The molecule has 1 unspecified atom stereocenters. The molecule has 2 rings (SSSR count). The molecule has 0 saturated carbocycles. The number of rotatable bonds is 1. The van der Waals surface area contributed by atoms with Crippen LogP contribution < -0.4 is 9.47 Å². The summed E-state index contributed by atoms with van der Waals surface area (Å²) in [6.07, 6.45) is 0.827. The average Bonchev–Trinajstić information content (AvgIpc) is 2.14. The number of alkyl halides is 1. The van der Waals surface area contributed by atoms with Crippen LogP contribution in [0.25, 0.3) is 0 Å². The van der Waals surface area contributed by atoms with Crippen LogP contribution in [0, 0.1) is 0 Å². The molecular weight excluding hydrogens is 212 g/mol.